The molecule has 0 aliphatic carbocycles. The summed E-state index contributed by atoms with van der Waals surface area (Å²) in [4.78, 5) is 2.54. The van der Waals surface area contributed by atoms with E-state index in [-0.39, 0.29) is 0 Å². The monoisotopic (exact) mass is 242 g/mol. The van der Waals surface area contributed by atoms with Gasteiger partial charge >= 0.3 is 0 Å². The van der Waals surface area contributed by atoms with Crippen LogP contribution in [0.2, 0.25) is 0 Å². The van der Waals surface area contributed by atoms with Crippen LogP contribution in [-0.2, 0) is 4.74 Å². The molecule has 0 unspecified atom stereocenters. The molecule has 0 aromatic heterocycles. The molecule has 102 valence electrons. The highest BCUT2D eigenvalue weighted by Crippen LogP contribution is 2.09. The van der Waals surface area contributed by atoms with Crippen LogP contribution in [0.5, 0.6) is 0 Å². The maximum Gasteiger partial charge on any atom is 0.0518 e. The van der Waals surface area contributed by atoms with Gasteiger partial charge < -0.3 is 15.0 Å². The van der Waals surface area contributed by atoms with Crippen molar-refractivity contribution in [1.29, 1.82) is 0 Å². The van der Waals surface area contributed by atoms with Gasteiger partial charge in [-0.3, -0.25) is 0 Å². The molecule has 1 aliphatic heterocycles. The average molecular weight is 242 g/mol. The van der Waals surface area contributed by atoms with Crippen molar-refractivity contribution in [2.75, 3.05) is 32.8 Å². The molecule has 1 rings (SSSR count). The van der Waals surface area contributed by atoms with Gasteiger partial charge in [-0.05, 0) is 65.7 Å². The molecule has 17 heavy (non-hydrogen) atoms. The van der Waals surface area contributed by atoms with E-state index in [1.807, 2.05) is 0 Å². The van der Waals surface area contributed by atoms with Crippen molar-refractivity contribution < 1.29 is 4.74 Å². The molecule has 1 N–H and O–H groups in total. The van der Waals surface area contributed by atoms with E-state index in [4.69, 9.17) is 4.74 Å². The summed E-state index contributed by atoms with van der Waals surface area (Å²) >= 11 is 0. The molecule has 3 nitrogen and oxygen atoms in total. The third kappa shape index (κ3) is 7.02. The molecular formula is C14H30N2O. The topological polar surface area (TPSA) is 24.5 Å². The molecule has 0 aromatic rings. The third-order valence-corrected chi connectivity index (χ3v) is 3.49. The normalized spacial score (nSPS) is 19.1. The highest BCUT2D eigenvalue weighted by molar-refractivity contribution is 4.76. The Balaban J connectivity index is 1.90. The van der Waals surface area contributed by atoms with Crippen molar-refractivity contribution in [2.24, 2.45) is 0 Å². The second kappa shape index (κ2) is 8.90. The minimum absolute atomic E-state index is 0.376. The highest BCUT2D eigenvalue weighted by Gasteiger charge is 2.16. The number of rotatable bonds is 8. The van der Waals surface area contributed by atoms with Gasteiger partial charge in [-0.25, -0.2) is 0 Å². The molecule has 1 saturated heterocycles. The summed E-state index contributed by atoms with van der Waals surface area (Å²) in [6.07, 6.45) is 5.42. The minimum atomic E-state index is 0.376. The first-order valence-corrected chi connectivity index (χ1v) is 7.29. The zero-order valence-electron chi connectivity index (χ0n) is 11.9. The van der Waals surface area contributed by atoms with Crippen molar-refractivity contribution in [3.63, 3.8) is 0 Å². The number of hydrogen-bond donors (Lipinski definition) is 1. The van der Waals surface area contributed by atoms with E-state index < -0.39 is 0 Å². The zero-order chi connectivity index (χ0) is 12.5. The summed E-state index contributed by atoms with van der Waals surface area (Å²) in [5, 5.41) is 3.67. The molecular weight excluding hydrogens is 212 g/mol. The van der Waals surface area contributed by atoms with E-state index in [2.05, 4.69) is 31.0 Å². The third-order valence-electron chi connectivity index (χ3n) is 3.49. The van der Waals surface area contributed by atoms with Crippen molar-refractivity contribution in [2.45, 2.75) is 58.6 Å². The molecule has 0 radical (unpaired) electrons. The predicted molar refractivity (Wildman–Crippen MR) is 73.5 cm³/mol. The lowest BCUT2D eigenvalue weighted by atomic mass is 10.1. The van der Waals surface area contributed by atoms with Gasteiger partial charge in [-0.15, -0.1) is 0 Å². The Bertz CT molecular complexity index is 177. The summed E-state index contributed by atoms with van der Waals surface area (Å²) in [5.74, 6) is 0. The fraction of sp³-hybridized carbons (Fsp3) is 1.00. The summed E-state index contributed by atoms with van der Waals surface area (Å²) in [6.45, 7) is 12.3. The highest BCUT2D eigenvalue weighted by atomic mass is 16.5. The van der Waals surface area contributed by atoms with Gasteiger partial charge in [0.1, 0.15) is 0 Å². The molecule has 0 amide bonds. The predicted octanol–water partition coefficient (Wildman–Crippen LogP) is 2.27. The minimum Gasteiger partial charge on any atom is -0.379 e. The Morgan fingerprint density at radius 3 is 2.53 bits per heavy atom. The Hall–Kier alpha value is -0.120. The Morgan fingerprint density at radius 2 is 1.94 bits per heavy atom. The maximum absolute atomic E-state index is 5.53. The van der Waals surface area contributed by atoms with Gasteiger partial charge in [0.05, 0.1) is 6.10 Å². The van der Waals surface area contributed by atoms with Crippen LogP contribution in [-0.4, -0.2) is 49.8 Å². The Morgan fingerprint density at radius 1 is 1.24 bits per heavy atom. The van der Waals surface area contributed by atoms with Crippen molar-refractivity contribution in [3.05, 3.63) is 0 Å². The lowest BCUT2D eigenvalue weighted by molar-refractivity contribution is 0.0758. The van der Waals surface area contributed by atoms with Crippen LogP contribution in [0.25, 0.3) is 0 Å². The molecule has 0 atom stereocenters. The average Bonchev–Trinajstić information content (AvgIpc) is 2.34. The fourth-order valence-electron chi connectivity index (χ4n) is 2.31. The van der Waals surface area contributed by atoms with E-state index in [0.717, 1.165) is 19.2 Å². The number of unbranched alkanes of at least 4 members (excludes halogenated alkanes) is 1. The molecule has 0 bridgehead atoms. The van der Waals surface area contributed by atoms with Crippen molar-refractivity contribution >= 4 is 0 Å². The first-order chi connectivity index (χ1) is 8.22. The van der Waals surface area contributed by atoms with E-state index in [1.54, 1.807) is 0 Å². The SMILES string of the molecule is CCN1CCC(NCCCCOC(C)C)CC1. The molecule has 1 aliphatic rings. The van der Waals surface area contributed by atoms with Gasteiger partial charge in [-0.1, -0.05) is 6.92 Å². The number of nitrogens with one attached hydrogen (secondary N) is 1. The van der Waals surface area contributed by atoms with Crippen LogP contribution in [0.3, 0.4) is 0 Å². The number of likely N-dealkylation sites (tertiary alicyclic amines) is 1. The summed E-state index contributed by atoms with van der Waals surface area (Å²) in [5.41, 5.74) is 0. The second-order valence-corrected chi connectivity index (χ2v) is 5.29. The summed E-state index contributed by atoms with van der Waals surface area (Å²) < 4.78 is 5.53. The van der Waals surface area contributed by atoms with Crippen LogP contribution in [0.15, 0.2) is 0 Å². The standard InChI is InChI=1S/C14H30N2O/c1-4-16-10-7-14(8-11-16)15-9-5-6-12-17-13(2)3/h13-15H,4-12H2,1-3H3. The molecule has 1 heterocycles. The lowest BCUT2D eigenvalue weighted by Gasteiger charge is -2.31. The van der Waals surface area contributed by atoms with Gasteiger partial charge in [0.2, 0.25) is 0 Å². The number of hydrogen-bond acceptors (Lipinski definition) is 3. The van der Waals surface area contributed by atoms with Crippen molar-refractivity contribution in [3.8, 4) is 0 Å². The fourth-order valence-corrected chi connectivity index (χ4v) is 2.31. The molecule has 3 heteroatoms. The van der Waals surface area contributed by atoms with E-state index >= 15 is 0 Å². The quantitative estimate of drug-likeness (QED) is 0.661. The van der Waals surface area contributed by atoms with Crippen LogP contribution in [0, 0.1) is 0 Å². The second-order valence-electron chi connectivity index (χ2n) is 5.29. The zero-order valence-corrected chi connectivity index (χ0v) is 11.9. The largest absolute Gasteiger partial charge is 0.379 e. The van der Waals surface area contributed by atoms with Gasteiger partial charge in [-0.2, -0.15) is 0 Å². The molecule has 0 aromatic carbocycles. The van der Waals surface area contributed by atoms with E-state index in [1.165, 1.54) is 45.3 Å². The smallest absolute Gasteiger partial charge is 0.0518 e. The van der Waals surface area contributed by atoms with Crippen molar-refractivity contribution in [1.82, 2.24) is 10.2 Å². The molecule has 1 fully saturated rings. The van der Waals surface area contributed by atoms with Crippen LogP contribution < -0.4 is 5.32 Å². The van der Waals surface area contributed by atoms with Gasteiger partial charge in [0.25, 0.3) is 0 Å². The molecule has 0 spiro atoms. The summed E-state index contributed by atoms with van der Waals surface area (Å²) in [6, 6.07) is 0.754. The lowest BCUT2D eigenvalue weighted by Crippen LogP contribution is -2.42. The Labute approximate surface area is 107 Å². The first-order valence-electron chi connectivity index (χ1n) is 7.29. The number of nitrogens with zero attached hydrogens (tertiary/aromatic N) is 1. The Kier molecular flexibility index (Phi) is 7.82. The van der Waals surface area contributed by atoms with E-state index in [9.17, 15) is 0 Å². The number of ether oxygens (including phenoxy) is 1. The van der Waals surface area contributed by atoms with Gasteiger partial charge in [0.15, 0.2) is 0 Å². The first kappa shape index (κ1) is 14.9. The number of piperidine rings is 1. The maximum atomic E-state index is 5.53. The van der Waals surface area contributed by atoms with Gasteiger partial charge in [0, 0.05) is 12.6 Å². The molecule has 0 saturated carbocycles. The van der Waals surface area contributed by atoms with Crippen LogP contribution >= 0.6 is 0 Å². The van der Waals surface area contributed by atoms with Crippen LogP contribution in [0.1, 0.15) is 46.5 Å². The van der Waals surface area contributed by atoms with E-state index in [0.29, 0.717) is 6.10 Å². The summed E-state index contributed by atoms with van der Waals surface area (Å²) in [7, 11) is 0. The van der Waals surface area contributed by atoms with Crippen LogP contribution in [0.4, 0.5) is 0 Å².